The molecule has 11 heteroatoms. The summed E-state index contributed by atoms with van der Waals surface area (Å²) in [5, 5.41) is 1.67. The molecular formula is C32H27BrCl3N3O3S. The summed E-state index contributed by atoms with van der Waals surface area (Å²) in [6.45, 7) is 7.06. The minimum atomic E-state index is -0.633. The molecule has 0 saturated heterocycles. The van der Waals surface area contributed by atoms with Crippen molar-refractivity contribution in [1.82, 2.24) is 9.47 Å². The van der Waals surface area contributed by atoms with Gasteiger partial charge in [0, 0.05) is 33.7 Å². The molecule has 4 aromatic rings. The lowest BCUT2D eigenvalue weighted by Gasteiger charge is -2.29. The fraction of sp³-hybridized carbons (Fsp3) is 0.219. The van der Waals surface area contributed by atoms with Gasteiger partial charge in [-0.25, -0.2) is 4.99 Å². The number of nitrogens with zero attached hydrogens (tertiary/aromatic N) is 3. The third-order valence-corrected chi connectivity index (χ3v) is 9.58. The second-order valence-electron chi connectivity index (χ2n) is 9.83. The Balaban J connectivity index is 1.53. The average molecular weight is 720 g/mol. The zero-order chi connectivity index (χ0) is 30.8. The first kappa shape index (κ1) is 31.5. The van der Waals surface area contributed by atoms with E-state index in [0.717, 1.165) is 21.2 Å². The van der Waals surface area contributed by atoms with Gasteiger partial charge in [0.25, 0.3) is 11.5 Å². The van der Waals surface area contributed by atoms with Gasteiger partial charge < -0.3 is 9.64 Å². The van der Waals surface area contributed by atoms with Gasteiger partial charge >= 0.3 is 0 Å². The van der Waals surface area contributed by atoms with Crippen molar-refractivity contribution in [2.45, 2.75) is 33.4 Å². The van der Waals surface area contributed by atoms with Crippen LogP contribution in [0.15, 0.2) is 86.2 Å². The first-order valence-electron chi connectivity index (χ1n) is 13.5. The van der Waals surface area contributed by atoms with Gasteiger partial charge in [-0.3, -0.25) is 14.2 Å². The highest BCUT2D eigenvalue weighted by molar-refractivity contribution is 9.10. The van der Waals surface area contributed by atoms with Crippen LogP contribution in [0.4, 0.5) is 0 Å². The highest BCUT2D eigenvalue weighted by Crippen LogP contribution is 2.32. The van der Waals surface area contributed by atoms with E-state index in [9.17, 15) is 9.59 Å². The van der Waals surface area contributed by atoms with Crippen molar-refractivity contribution in [1.29, 1.82) is 0 Å². The first-order valence-corrected chi connectivity index (χ1v) is 16.3. The number of benzene rings is 3. The summed E-state index contributed by atoms with van der Waals surface area (Å²) >= 11 is 23.3. The molecule has 6 nitrogen and oxygen atoms in total. The van der Waals surface area contributed by atoms with Crippen molar-refractivity contribution in [2.75, 3.05) is 13.1 Å². The van der Waals surface area contributed by atoms with E-state index in [1.54, 1.807) is 33.7 Å². The molecule has 0 fully saturated rings. The highest BCUT2D eigenvalue weighted by Gasteiger charge is 2.34. The number of halogens is 4. The molecule has 2 heterocycles. The summed E-state index contributed by atoms with van der Waals surface area (Å²) < 4.78 is 8.81. The maximum atomic E-state index is 14.0. The smallest absolute Gasteiger partial charge is 0.271 e. The van der Waals surface area contributed by atoms with E-state index in [0.29, 0.717) is 54.5 Å². The van der Waals surface area contributed by atoms with Gasteiger partial charge in [-0.15, -0.1) is 0 Å². The molecular weight excluding hydrogens is 693 g/mol. The summed E-state index contributed by atoms with van der Waals surface area (Å²) in [7, 11) is 0. The standard InChI is InChI=1S/C32H27BrCl3N3O3S/c1-4-38(5-2)31(41)28-18(3)37-32-39(29(28)20-7-10-22(34)11-8-20)30(40)27(43-32)15-19-6-13-26(24(33)14-19)42-17-21-9-12-23(35)16-25(21)36/h6-16,29H,4-5,17H2,1-3H3/b27-15+/t29-/m0/s1. The van der Waals surface area contributed by atoms with Crippen LogP contribution in [0.3, 0.4) is 0 Å². The van der Waals surface area contributed by atoms with Crippen LogP contribution < -0.4 is 19.6 Å². The average Bonchev–Trinajstić information content (AvgIpc) is 3.27. The van der Waals surface area contributed by atoms with Gasteiger partial charge in [0.15, 0.2) is 4.80 Å². The Morgan fingerprint density at radius 1 is 1.05 bits per heavy atom. The molecule has 43 heavy (non-hydrogen) atoms. The van der Waals surface area contributed by atoms with Gasteiger partial charge in [0.2, 0.25) is 0 Å². The fourth-order valence-corrected chi connectivity index (χ4v) is 7.05. The summed E-state index contributed by atoms with van der Waals surface area (Å²) in [6.07, 6.45) is 1.82. The van der Waals surface area contributed by atoms with Crippen molar-refractivity contribution < 1.29 is 9.53 Å². The number of amides is 1. The molecule has 1 atom stereocenters. The number of hydrogen-bond donors (Lipinski definition) is 0. The summed E-state index contributed by atoms with van der Waals surface area (Å²) in [6, 6.07) is 17.5. The maximum absolute atomic E-state index is 14.0. The Bertz CT molecular complexity index is 1910. The number of rotatable bonds is 8. The molecule has 5 rings (SSSR count). The zero-order valence-electron chi connectivity index (χ0n) is 23.5. The Kier molecular flexibility index (Phi) is 9.83. The second-order valence-corrected chi connectivity index (χ2v) is 13.0. The normalized spacial score (nSPS) is 14.9. The Morgan fingerprint density at radius 2 is 1.74 bits per heavy atom. The lowest BCUT2D eigenvalue weighted by molar-refractivity contribution is -0.127. The quantitative estimate of drug-likeness (QED) is 0.191. The topological polar surface area (TPSA) is 63.9 Å². The number of allylic oxidation sites excluding steroid dienone is 1. The molecule has 1 aromatic heterocycles. The van der Waals surface area contributed by atoms with Gasteiger partial charge in [-0.2, -0.15) is 0 Å². The summed E-state index contributed by atoms with van der Waals surface area (Å²) in [4.78, 5) is 34.7. The third-order valence-electron chi connectivity index (χ3n) is 7.14. The highest BCUT2D eigenvalue weighted by atomic mass is 79.9. The van der Waals surface area contributed by atoms with Crippen LogP contribution in [0.25, 0.3) is 6.08 Å². The number of thiazole rings is 1. The van der Waals surface area contributed by atoms with Crippen molar-refractivity contribution in [3.8, 4) is 5.75 Å². The summed E-state index contributed by atoms with van der Waals surface area (Å²) in [5.74, 6) is 0.488. The van der Waals surface area contributed by atoms with E-state index in [-0.39, 0.29) is 18.1 Å². The first-order chi connectivity index (χ1) is 20.6. The van der Waals surface area contributed by atoms with Crippen LogP contribution in [0.5, 0.6) is 5.75 Å². The number of ether oxygens (including phenoxy) is 1. The van der Waals surface area contributed by atoms with E-state index in [1.807, 2.05) is 63.2 Å². The molecule has 0 saturated carbocycles. The van der Waals surface area contributed by atoms with E-state index in [2.05, 4.69) is 15.9 Å². The van der Waals surface area contributed by atoms with Crippen molar-refractivity contribution >= 4 is 74.1 Å². The van der Waals surface area contributed by atoms with E-state index in [1.165, 1.54) is 11.3 Å². The Labute approximate surface area is 276 Å². The predicted molar refractivity (Wildman–Crippen MR) is 178 cm³/mol. The lowest BCUT2D eigenvalue weighted by atomic mass is 9.94. The van der Waals surface area contributed by atoms with E-state index >= 15 is 0 Å². The number of aromatic nitrogens is 1. The van der Waals surface area contributed by atoms with Crippen LogP contribution in [-0.4, -0.2) is 28.5 Å². The van der Waals surface area contributed by atoms with Gasteiger partial charge in [-0.1, -0.05) is 70.4 Å². The third kappa shape index (κ3) is 6.64. The lowest BCUT2D eigenvalue weighted by Crippen LogP contribution is -2.43. The minimum absolute atomic E-state index is 0.139. The van der Waals surface area contributed by atoms with Crippen LogP contribution in [0.1, 0.15) is 43.5 Å². The molecule has 1 amide bonds. The van der Waals surface area contributed by atoms with E-state index < -0.39 is 6.04 Å². The molecule has 222 valence electrons. The number of carbonyl (C=O) groups is 1. The predicted octanol–water partition coefficient (Wildman–Crippen LogP) is 7.41. The fourth-order valence-electron chi connectivity index (χ4n) is 4.91. The molecule has 0 bridgehead atoms. The molecule has 0 aliphatic carbocycles. The van der Waals surface area contributed by atoms with Crippen LogP contribution in [0, 0.1) is 0 Å². The molecule has 0 radical (unpaired) electrons. The second kappa shape index (κ2) is 13.4. The minimum Gasteiger partial charge on any atom is -0.488 e. The molecule has 0 spiro atoms. The number of hydrogen-bond acceptors (Lipinski definition) is 5. The Hall–Kier alpha value is -2.88. The zero-order valence-corrected chi connectivity index (χ0v) is 28.2. The van der Waals surface area contributed by atoms with Gasteiger partial charge in [0.1, 0.15) is 12.4 Å². The summed E-state index contributed by atoms with van der Waals surface area (Å²) in [5.41, 5.74) is 3.24. The SMILES string of the molecule is CCN(CC)C(=O)C1=C(C)N=c2s/c(=C/c3ccc(OCc4ccc(Cl)cc4Cl)c(Br)c3)c(=O)n2[C@H]1c1ccc(Cl)cc1. The Morgan fingerprint density at radius 3 is 2.40 bits per heavy atom. The largest absolute Gasteiger partial charge is 0.488 e. The molecule has 3 aromatic carbocycles. The van der Waals surface area contributed by atoms with Crippen LogP contribution in [-0.2, 0) is 11.4 Å². The van der Waals surface area contributed by atoms with Crippen LogP contribution >= 0.6 is 62.1 Å². The molecule has 1 aliphatic rings. The molecule has 1 aliphatic heterocycles. The van der Waals surface area contributed by atoms with Crippen LogP contribution in [0.2, 0.25) is 15.1 Å². The monoisotopic (exact) mass is 717 g/mol. The number of carbonyl (C=O) groups excluding carboxylic acids is 1. The molecule has 0 N–H and O–H groups in total. The van der Waals surface area contributed by atoms with E-state index in [4.69, 9.17) is 44.5 Å². The maximum Gasteiger partial charge on any atom is 0.271 e. The van der Waals surface area contributed by atoms with Crippen molar-refractivity contribution in [3.63, 3.8) is 0 Å². The van der Waals surface area contributed by atoms with Crippen molar-refractivity contribution in [3.05, 3.63) is 128 Å². The van der Waals surface area contributed by atoms with Crippen molar-refractivity contribution in [2.24, 2.45) is 4.99 Å². The van der Waals surface area contributed by atoms with Gasteiger partial charge in [0.05, 0.1) is 26.3 Å². The number of fused-ring (bicyclic) bond motifs is 1. The van der Waals surface area contributed by atoms with Gasteiger partial charge in [-0.05, 0) is 90.3 Å². The molecule has 0 unspecified atom stereocenters. The number of likely N-dealkylation sites (N-methyl/N-ethyl adjacent to an activating group) is 1.